The molecule has 4 rings (SSSR count). The third-order valence-corrected chi connectivity index (χ3v) is 6.91. The average molecular weight is 518 g/mol. The number of nitrogens with zero attached hydrogens (tertiary/aromatic N) is 2. The van der Waals surface area contributed by atoms with Gasteiger partial charge < -0.3 is 14.6 Å². The molecule has 0 aliphatic heterocycles. The number of imidazole rings is 1. The summed E-state index contributed by atoms with van der Waals surface area (Å²) in [5.41, 5.74) is 5.18. The summed E-state index contributed by atoms with van der Waals surface area (Å²) < 4.78 is 8.20. The molecule has 1 N–H and O–H groups in total. The van der Waals surface area contributed by atoms with Gasteiger partial charge in [0.15, 0.2) is 0 Å². The van der Waals surface area contributed by atoms with Crippen molar-refractivity contribution in [3.63, 3.8) is 0 Å². The van der Waals surface area contributed by atoms with Gasteiger partial charge >= 0.3 is 0 Å². The normalized spacial score (nSPS) is 11.1. The molecule has 0 bridgehead atoms. The van der Waals surface area contributed by atoms with Gasteiger partial charge in [-0.3, -0.25) is 4.79 Å². The van der Waals surface area contributed by atoms with Crippen LogP contribution >= 0.6 is 11.6 Å². The van der Waals surface area contributed by atoms with Gasteiger partial charge in [0.05, 0.1) is 22.7 Å². The van der Waals surface area contributed by atoms with E-state index < -0.39 is 0 Å². The molecule has 1 amide bonds. The zero-order valence-electron chi connectivity index (χ0n) is 21.8. The van der Waals surface area contributed by atoms with Gasteiger partial charge in [-0.2, -0.15) is 0 Å². The summed E-state index contributed by atoms with van der Waals surface area (Å²) in [6.07, 6.45) is 5.91. The third-order valence-electron chi connectivity index (χ3n) is 6.59. The lowest BCUT2D eigenvalue weighted by molar-refractivity contribution is 0.0952. The molecule has 6 heteroatoms. The molecule has 4 aromatic rings. The lowest BCUT2D eigenvalue weighted by atomic mass is 10.1. The van der Waals surface area contributed by atoms with E-state index in [-0.39, 0.29) is 5.91 Å². The van der Waals surface area contributed by atoms with Crippen LogP contribution in [0.1, 0.15) is 59.4 Å². The van der Waals surface area contributed by atoms with Gasteiger partial charge in [0.25, 0.3) is 5.91 Å². The number of unbranched alkanes of at least 4 members (excludes halogenated alkanes) is 3. The number of carbonyl (C=O) groups is 1. The number of nitrogens with one attached hydrogen (secondary N) is 1. The van der Waals surface area contributed by atoms with Crippen molar-refractivity contribution in [2.75, 3.05) is 13.2 Å². The minimum Gasteiger partial charge on any atom is -0.492 e. The highest BCUT2D eigenvalue weighted by Gasteiger charge is 2.11. The second-order valence-electron chi connectivity index (χ2n) is 9.54. The van der Waals surface area contributed by atoms with Crippen molar-refractivity contribution in [2.24, 2.45) is 0 Å². The second-order valence-corrected chi connectivity index (χ2v) is 9.95. The first kappa shape index (κ1) is 26.7. The number of para-hydroxylation sites is 3. The number of carbonyl (C=O) groups excluding carboxylic acids is 1. The van der Waals surface area contributed by atoms with Crippen LogP contribution in [0.4, 0.5) is 0 Å². The Hall–Kier alpha value is -3.31. The molecule has 5 nitrogen and oxygen atoms in total. The Kier molecular flexibility index (Phi) is 9.61. The van der Waals surface area contributed by atoms with E-state index in [0.29, 0.717) is 18.2 Å². The first-order valence-corrected chi connectivity index (χ1v) is 13.6. The van der Waals surface area contributed by atoms with Crippen LogP contribution in [0.2, 0.25) is 5.02 Å². The standard InChI is InChI=1S/C31H36ClN3O2/c1-23-17-18-25(24(2)22-23)31(36)33-19-9-3-4-16-30-34-27-13-6-7-14-28(27)35(30)20-10-11-21-37-29-15-8-5-12-26(29)32/h5-8,12-15,17-18,22H,3-4,9-11,16,19-21H2,1-2H3,(H,33,36). The Morgan fingerprint density at radius 1 is 0.946 bits per heavy atom. The van der Waals surface area contributed by atoms with Crippen LogP contribution in [0.15, 0.2) is 66.7 Å². The van der Waals surface area contributed by atoms with E-state index in [9.17, 15) is 4.79 Å². The molecular weight excluding hydrogens is 482 g/mol. The summed E-state index contributed by atoms with van der Waals surface area (Å²) in [6.45, 7) is 6.26. The number of halogens is 1. The number of aryl methyl sites for hydroxylation is 4. The molecule has 37 heavy (non-hydrogen) atoms. The summed E-state index contributed by atoms with van der Waals surface area (Å²) in [7, 11) is 0. The zero-order valence-corrected chi connectivity index (χ0v) is 22.6. The van der Waals surface area contributed by atoms with Crippen molar-refractivity contribution < 1.29 is 9.53 Å². The van der Waals surface area contributed by atoms with Crippen LogP contribution in [0, 0.1) is 13.8 Å². The number of aromatic nitrogens is 2. The first-order valence-electron chi connectivity index (χ1n) is 13.2. The van der Waals surface area contributed by atoms with Crippen LogP contribution < -0.4 is 10.1 Å². The molecule has 194 valence electrons. The van der Waals surface area contributed by atoms with E-state index in [2.05, 4.69) is 28.1 Å². The Labute approximate surface area is 224 Å². The van der Waals surface area contributed by atoms with Gasteiger partial charge in [0.2, 0.25) is 0 Å². The van der Waals surface area contributed by atoms with Crippen LogP contribution in [0.25, 0.3) is 11.0 Å². The molecule has 0 unspecified atom stereocenters. The zero-order chi connectivity index (χ0) is 26.0. The Balaban J connectivity index is 1.22. The molecule has 1 heterocycles. The van der Waals surface area contributed by atoms with E-state index in [0.717, 1.165) is 73.3 Å². The first-order chi connectivity index (χ1) is 18.0. The van der Waals surface area contributed by atoms with Gasteiger partial charge in [-0.15, -0.1) is 0 Å². The number of hydrogen-bond acceptors (Lipinski definition) is 3. The summed E-state index contributed by atoms with van der Waals surface area (Å²) in [5, 5.41) is 3.71. The molecule has 0 aliphatic carbocycles. The largest absolute Gasteiger partial charge is 0.492 e. The fourth-order valence-electron chi connectivity index (χ4n) is 4.63. The minimum atomic E-state index is 0.0119. The van der Waals surface area contributed by atoms with E-state index in [4.69, 9.17) is 21.3 Å². The van der Waals surface area contributed by atoms with E-state index in [1.165, 1.54) is 11.1 Å². The summed E-state index contributed by atoms with van der Waals surface area (Å²) in [6, 6.07) is 21.9. The predicted molar refractivity (Wildman–Crippen MR) is 152 cm³/mol. The third kappa shape index (κ3) is 7.36. The molecule has 0 radical (unpaired) electrons. The predicted octanol–water partition coefficient (Wildman–Crippen LogP) is 7.31. The number of benzene rings is 3. The number of fused-ring (bicyclic) bond motifs is 1. The number of hydrogen-bond donors (Lipinski definition) is 1. The van der Waals surface area contributed by atoms with Gasteiger partial charge in [0.1, 0.15) is 11.6 Å². The van der Waals surface area contributed by atoms with Crippen molar-refractivity contribution >= 4 is 28.5 Å². The summed E-state index contributed by atoms with van der Waals surface area (Å²) in [4.78, 5) is 17.4. The number of amides is 1. The Morgan fingerprint density at radius 2 is 1.76 bits per heavy atom. The molecule has 0 fully saturated rings. The van der Waals surface area contributed by atoms with Crippen LogP contribution in [0.5, 0.6) is 5.75 Å². The second kappa shape index (κ2) is 13.3. The van der Waals surface area contributed by atoms with Gasteiger partial charge in [-0.1, -0.05) is 60.0 Å². The molecule has 0 saturated carbocycles. The molecule has 0 spiro atoms. The molecular formula is C31H36ClN3O2. The average Bonchev–Trinajstić information content (AvgIpc) is 3.24. The topological polar surface area (TPSA) is 56.2 Å². The van der Waals surface area contributed by atoms with Crippen molar-refractivity contribution in [1.82, 2.24) is 14.9 Å². The van der Waals surface area contributed by atoms with Crippen molar-refractivity contribution in [3.05, 3.63) is 94.3 Å². The highest BCUT2D eigenvalue weighted by atomic mass is 35.5. The molecule has 3 aromatic carbocycles. The van der Waals surface area contributed by atoms with Gasteiger partial charge in [-0.25, -0.2) is 4.98 Å². The molecule has 0 aliphatic rings. The minimum absolute atomic E-state index is 0.0119. The Bertz CT molecular complexity index is 1330. The highest BCUT2D eigenvalue weighted by Crippen LogP contribution is 2.23. The molecule has 1 aromatic heterocycles. The van der Waals surface area contributed by atoms with Gasteiger partial charge in [0, 0.05) is 25.1 Å². The van der Waals surface area contributed by atoms with Crippen molar-refractivity contribution in [2.45, 2.75) is 58.9 Å². The number of ether oxygens (including phenoxy) is 1. The van der Waals surface area contributed by atoms with Gasteiger partial charge in [-0.05, 0) is 75.4 Å². The Morgan fingerprint density at radius 3 is 2.59 bits per heavy atom. The highest BCUT2D eigenvalue weighted by molar-refractivity contribution is 6.32. The fraction of sp³-hybridized carbons (Fsp3) is 0.355. The summed E-state index contributed by atoms with van der Waals surface area (Å²) >= 11 is 6.18. The van der Waals surface area contributed by atoms with Crippen LogP contribution in [0.3, 0.4) is 0 Å². The molecule has 0 saturated heterocycles. The van der Waals surface area contributed by atoms with Crippen LogP contribution in [-0.4, -0.2) is 28.6 Å². The summed E-state index contributed by atoms with van der Waals surface area (Å²) in [5.74, 6) is 1.88. The van der Waals surface area contributed by atoms with E-state index in [1.54, 1.807) is 0 Å². The lowest BCUT2D eigenvalue weighted by Gasteiger charge is -2.11. The van der Waals surface area contributed by atoms with E-state index >= 15 is 0 Å². The fourth-order valence-corrected chi connectivity index (χ4v) is 4.82. The number of rotatable bonds is 13. The smallest absolute Gasteiger partial charge is 0.251 e. The van der Waals surface area contributed by atoms with Crippen molar-refractivity contribution in [1.29, 1.82) is 0 Å². The van der Waals surface area contributed by atoms with Crippen molar-refractivity contribution in [3.8, 4) is 5.75 Å². The SMILES string of the molecule is Cc1ccc(C(=O)NCCCCCc2nc3ccccc3n2CCCCOc2ccccc2Cl)c(C)c1. The van der Waals surface area contributed by atoms with Crippen LogP contribution in [-0.2, 0) is 13.0 Å². The maximum absolute atomic E-state index is 12.5. The lowest BCUT2D eigenvalue weighted by Crippen LogP contribution is -2.25. The maximum atomic E-state index is 12.5. The molecule has 0 atom stereocenters. The maximum Gasteiger partial charge on any atom is 0.251 e. The van der Waals surface area contributed by atoms with E-state index in [1.807, 2.05) is 62.4 Å². The monoisotopic (exact) mass is 517 g/mol. The quantitative estimate of drug-likeness (QED) is 0.189.